The minimum atomic E-state index is -0.708. The van der Waals surface area contributed by atoms with Crippen LogP contribution >= 0.6 is 0 Å². The number of nitrogens with zero attached hydrogens (tertiary/aromatic N) is 5. The zero-order chi connectivity index (χ0) is 24.9. The van der Waals surface area contributed by atoms with Crippen molar-refractivity contribution in [2.45, 2.75) is 39.2 Å². The molecule has 0 saturated carbocycles. The molecule has 2 heterocycles. The molecule has 1 amide bonds. The van der Waals surface area contributed by atoms with Gasteiger partial charge < -0.3 is 14.3 Å². The average molecular weight is 481 g/mol. The summed E-state index contributed by atoms with van der Waals surface area (Å²) in [5.74, 6) is 0.533. The number of nitro groups is 2. The summed E-state index contributed by atoms with van der Waals surface area (Å²) in [7, 11) is 0. The molecule has 0 unspecified atom stereocenters. The van der Waals surface area contributed by atoms with E-state index < -0.39 is 15.5 Å². The summed E-state index contributed by atoms with van der Waals surface area (Å²) < 4.78 is 7.79. The monoisotopic (exact) mass is 481 g/mol. The van der Waals surface area contributed by atoms with Gasteiger partial charge in [-0.05, 0) is 32.3 Å². The molecule has 0 radical (unpaired) electrons. The number of nitrogens with one attached hydrogen (secondary N) is 2. The molecule has 1 aliphatic rings. The molecule has 0 bridgehead atoms. The van der Waals surface area contributed by atoms with Crippen molar-refractivity contribution < 1.29 is 19.1 Å². The Morgan fingerprint density at radius 1 is 1.26 bits per heavy atom. The van der Waals surface area contributed by atoms with Crippen LogP contribution in [0.5, 0.6) is 0 Å². The maximum absolute atomic E-state index is 12.7. The molecule has 1 aromatic carbocycles. The smallest absolute Gasteiger partial charge is 0.301 e. The van der Waals surface area contributed by atoms with Crippen LogP contribution < -0.4 is 10.7 Å². The molecule has 4 rings (SSSR count). The zero-order valence-corrected chi connectivity index (χ0v) is 18.9. The van der Waals surface area contributed by atoms with Crippen LogP contribution in [0.4, 0.5) is 17.1 Å². The van der Waals surface area contributed by atoms with Crippen molar-refractivity contribution in [3.8, 4) is 0 Å². The van der Waals surface area contributed by atoms with Crippen LogP contribution in [0.15, 0.2) is 46.4 Å². The fourth-order valence-electron chi connectivity index (χ4n) is 3.97. The van der Waals surface area contributed by atoms with Gasteiger partial charge in [0.25, 0.3) is 11.6 Å². The Kier molecular flexibility index (Phi) is 6.85. The zero-order valence-electron chi connectivity index (χ0n) is 18.9. The highest BCUT2D eigenvalue weighted by molar-refractivity contribution is 6.06. The largest absolute Gasteiger partial charge is 0.455 e. The van der Waals surface area contributed by atoms with Crippen LogP contribution in [0.1, 0.15) is 46.7 Å². The van der Waals surface area contributed by atoms with Gasteiger partial charge in [0, 0.05) is 49.1 Å². The number of benzene rings is 1. The Bertz CT molecular complexity index is 1300. The summed E-state index contributed by atoms with van der Waals surface area (Å²) >= 11 is 0. The van der Waals surface area contributed by atoms with Gasteiger partial charge in [0.1, 0.15) is 11.4 Å². The highest BCUT2D eigenvalue weighted by Crippen LogP contribution is 2.32. The number of rotatable bonds is 9. The first-order valence-corrected chi connectivity index (χ1v) is 11.0. The van der Waals surface area contributed by atoms with Crippen molar-refractivity contribution in [1.82, 2.24) is 14.9 Å². The van der Waals surface area contributed by atoms with Gasteiger partial charge in [0.05, 0.1) is 28.0 Å². The molecule has 0 saturated heterocycles. The van der Waals surface area contributed by atoms with Gasteiger partial charge >= 0.3 is 5.69 Å². The predicted molar refractivity (Wildman–Crippen MR) is 125 cm³/mol. The van der Waals surface area contributed by atoms with Gasteiger partial charge in [0.15, 0.2) is 5.76 Å². The summed E-state index contributed by atoms with van der Waals surface area (Å²) in [6.45, 7) is 2.97. The highest BCUT2D eigenvalue weighted by Gasteiger charge is 2.28. The Labute approximate surface area is 199 Å². The highest BCUT2D eigenvalue weighted by atomic mass is 16.6. The summed E-state index contributed by atoms with van der Waals surface area (Å²) in [6, 6.07) is 3.29. The van der Waals surface area contributed by atoms with Gasteiger partial charge in [-0.1, -0.05) is 0 Å². The third-order valence-corrected chi connectivity index (χ3v) is 5.67. The van der Waals surface area contributed by atoms with Crippen molar-refractivity contribution in [2.24, 2.45) is 5.10 Å². The second-order valence-corrected chi connectivity index (χ2v) is 8.00. The lowest BCUT2D eigenvalue weighted by Gasteiger charge is -2.13. The van der Waals surface area contributed by atoms with Crippen LogP contribution in [-0.4, -0.2) is 37.6 Å². The SMILES string of the molecule is Cc1c(C(=O)NCCCn2ccnc2)oc2c1/C(=N/Nc1ccc([N+](=O)[O-])cc1[N+](=O)[O-])CCC2. The quantitative estimate of drug-likeness (QED) is 0.265. The molecule has 0 aliphatic heterocycles. The van der Waals surface area contributed by atoms with Crippen molar-refractivity contribution in [2.75, 3.05) is 12.0 Å². The summed E-state index contributed by atoms with van der Waals surface area (Å²) in [5, 5.41) is 29.5. The van der Waals surface area contributed by atoms with Crippen LogP contribution in [0.3, 0.4) is 0 Å². The molecular formula is C22H23N7O6. The van der Waals surface area contributed by atoms with Crippen molar-refractivity contribution in [3.63, 3.8) is 0 Å². The first-order chi connectivity index (χ1) is 16.8. The van der Waals surface area contributed by atoms with E-state index in [4.69, 9.17) is 4.42 Å². The number of hydrogen-bond acceptors (Lipinski definition) is 9. The number of fused-ring (bicyclic) bond motifs is 1. The molecule has 0 spiro atoms. The predicted octanol–water partition coefficient (Wildman–Crippen LogP) is 3.57. The van der Waals surface area contributed by atoms with Gasteiger partial charge in [-0.2, -0.15) is 5.10 Å². The summed E-state index contributed by atoms with van der Waals surface area (Å²) in [6.07, 6.45) is 7.94. The standard InChI is InChI=1S/C22H23N7O6/c1-14-20-17(26-25-16-7-6-15(28(31)32)12-18(16)29(33)34)4-2-5-19(20)35-21(14)22(30)24-8-3-10-27-11-9-23-13-27/h6-7,9,11-13,25H,2-5,8,10H2,1H3,(H,24,30)/b26-17+. The lowest BCUT2D eigenvalue weighted by atomic mass is 9.93. The number of amides is 1. The van der Waals surface area contributed by atoms with Crippen molar-refractivity contribution >= 4 is 28.7 Å². The molecule has 2 aromatic heterocycles. The van der Waals surface area contributed by atoms with E-state index in [2.05, 4.69) is 20.8 Å². The third-order valence-electron chi connectivity index (χ3n) is 5.67. The van der Waals surface area contributed by atoms with Crippen LogP contribution in [0.2, 0.25) is 0 Å². The third kappa shape index (κ3) is 5.18. The number of non-ortho nitro benzene ring substituents is 1. The van der Waals surface area contributed by atoms with E-state index in [1.165, 1.54) is 12.1 Å². The molecule has 2 N–H and O–H groups in total. The molecule has 35 heavy (non-hydrogen) atoms. The number of hydrazone groups is 1. The average Bonchev–Trinajstić information content (AvgIpc) is 3.48. The Hall–Kier alpha value is -4.55. The molecule has 0 fully saturated rings. The fraction of sp³-hybridized carbons (Fsp3) is 0.318. The van der Waals surface area contributed by atoms with E-state index in [0.29, 0.717) is 42.0 Å². The van der Waals surface area contributed by atoms with Crippen LogP contribution in [0.25, 0.3) is 0 Å². The van der Waals surface area contributed by atoms with Crippen molar-refractivity contribution in [1.29, 1.82) is 0 Å². The number of hydrogen-bond donors (Lipinski definition) is 2. The Morgan fingerprint density at radius 2 is 2.09 bits per heavy atom. The Balaban J connectivity index is 1.49. The maximum Gasteiger partial charge on any atom is 0.301 e. The number of aromatic nitrogens is 2. The number of carbonyl (C=O) groups excluding carboxylic acids is 1. The van der Waals surface area contributed by atoms with Gasteiger partial charge in [-0.25, -0.2) is 4.98 Å². The molecule has 1 aliphatic carbocycles. The first-order valence-electron chi connectivity index (χ1n) is 11.0. The Morgan fingerprint density at radius 3 is 2.80 bits per heavy atom. The second kappa shape index (κ2) is 10.2. The minimum absolute atomic E-state index is 0.0252. The number of anilines is 1. The summed E-state index contributed by atoms with van der Waals surface area (Å²) in [5.41, 5.74) is 3.79. The topological polar surface area (TPSA) is 171 Å². The van der Waals surface area contributed by atoms with Crippen LogP contribution in [-0.2, 0) is 13.0 Å². The number of aryl methyl sites for hydroxylation is 2. The van der Waals surface area contributed by atoms with Gasteiger partial charge in [0.2, 0.25) is 0 Å². The molecule has 0 atom stereocenters. The molecule has 3 aromatic rings. The fourth-order valence-corrected chi connectivity index (χ4v) is 3.97. The van der Waals surface area contributed by atoms with Gasteiger partial charge in [-0.15, -0.1) is 0 Å². The lowest BCUT2D eigenvalue weighted by molar-refractivity contribution is -0.393. The van der Waals surface area contributed by atoms with Crippen LogP contribution in [0, 0.1) is 27.2 Å². The number of imidazole rings is 1. The molecule has 13 nitrogen and oxygen atoms in total. The number of furan rings is 1. The van der Waals surface area contributed by atoms with Gasteiger partial charge in [-0.3, -0.25) is 30.4 Å². The van der Waals surface area contributed by atoms with E-state index >= 15 is 0 Å². The van der Waals surface area contributed by atoms with E-state index in [-0.39, 0.29) is 23.0 Å². The molecular weight excluding hydrogens is 458 g/mol. The van der Waals surface area contributed by atoms with E-state index in [1.807, 2.05) is 10.8 Å². The normalized spacial score (nSPS) is 13.9. The number of carbonyl (C=O) groups is 1. The van der Waals surface area contributed by atoms with Crippen molar-refractivity contribution in [3.05, 3.63) is 79.8 Å². The second-order valence-electron chi connectivity index (χ2n) is 8.00. The maximum atomic E-state index is 12.7. The lowest BCUT2D eigenvalue weighted by Crippen LogP contribution is -2.25. The molecule has 182 valence electrons. The van der Waals surface area contributed by atoms with E-state index in [9.17, 15) is 25.0 Å². The molecule has 13 heteroatoms. The van der Waals surface area contributed by atoms with E-state index in [0.717, 1.165) is 25.5 Å². The number of nitro benzene ring substituents is 2. The minimum Gasteiger partial charge on any atom is -0.455 e. The summed E-state index contributed by atoms with van der Waals surface area (Å²) in [4.78, 5) is 37.6. The first kappa shape index (κ1) is 23.6. The van der Waals surface area contributed by atoms with E-state index in [1.54, 1.807) is 19.4 Å².